The monoisotopic (exact) mass is 229 g/mol. The SMILES string of the molecule is C1CCCCNCCCC1.CC.CCCC. The van der Waals surface area contributed by atoms with E-state index in [1.165, 1.54) is 70.9 Å². The number of unbranched alkanes of at least 4 members (excludes halogenated alkanes) is 1. The number of rotatable bonds is 1. The lowest BCUT2D eigenvalue weighted by Gasteiger charge is -2.07. The van der Waals surface area contributed by atoms with Crippen LogP contribution in [0.3, 0.4) is 0 Å². The van der Waals surface area contributed by atoms with Crippen LogP contribution >= 0.6 is 0 Å². The Kier molecular flexibility index (Phi) is 23.3. The van der Waals surface area contributed by atoms with Crippen molar-refractivity contribution in [1.29, 1.82) is 0 Å². The van der Waals surface area contributed by atoms with Gasteiger partial charge in [-0.25, -0.2) is 0 Å². The van der Waals surface area contributed by atoms with Crippen molar-refractivity contribution in [2.75, 3.05) is 13.1 Å². The van der Waals surface area contributed by atoms with Crippen molar-refractivity contribution in [2.45, 2.75) is 85.5 Å². The molecule has 1 aliphatic rings. The fourth-order valence-corrected chi connectivity index (χ4v) is 1.51. The molecule has 0 radical (unpaired) electrons. The highest BCUT2D eigenvalue weighted by molar-refractivity contribution is 4.53. The van der Waals surface area contributed by atoms with Gasteiger partial charge in [-0.15, -0.1) is 0 Å². The molecule has 0 spiro atoms. The molecule has 0 unspecified atom stereocenters. The van der Waals surface area contributed by atoms with Gasteiger partial charge in [-0.2, -0.15) is 0 Å². The van der Waals surface area contributed by atoms with E-state index in [4.69, 9.17) is 0 Å². The highest BCUT2D eigenvalue weighted by Crippen LogP contribution is 2.07. The minimum Gasteiger partial charge on any atom is -0.317 e. The Labute approximate surface area is 104 Å². The number of hydrogen-bond donors (Lipinski definition) is 1. The van der Waals surface area contributed by atoms with E-state index >= 15 is 0 Å². The molecule has 0 aliphatic carbocycles. The summed E-state index contributed by atoms with van der Waals surface area (Å²) in [6, 6.07) is 0. The van der Waals surface area contributed by atoms with Crippen LogP contribution in [0.4, 0.5) is 0 Å². The van der Waals surface area contributed by atoms with Crippen molar-refractivity contribution in [1.82, 2.24) is 5.32 Å². The quantitative estimate of drug-likeness (QED) is 0.655. The zero-order valence-corrected chi connectivity index (χ0v) is 12.3. The van der Waals surface area contributed by atoms with E-state index in [2.05, 4.69) is 19.2 Å². The van der Waals surface area contributed by atoms with Gasteiger partial charge in [-0.1, -0.05) is 72.6 Å². The molecule has 0 atom stereocenters. The maximum Gasteiger partial charge on any atom is -0.00489 e. The van der Waals surface area contributed by atoms with Gasteiger partial charge in [0.25, 0.3) is 0 Å². The van der Waals surface area contributed by atoms with E-state index in [0.29, 0.717) is 0 Å². The Morgan fingerprint density at radius 1 is 0.625 bits per heavy atom. The molecule has 0 aromatic rings. The van der Waals surface area contributed by atoms with E-state index in [9.17, 15) is 0 Å². The fourth-order valence-electron chi connectivity index (χ4n) is 1.51. The maximum absolute atomic E-state index is 3.46. The summed E-state index contributed by atoms with van der Waals surface area (Å²) < 4.78 is 0. The standard InChI is InChI=1S/C9H19N.C4H10.C2H6/c1-2-4-6-8-10-9-7-5-3-1;1-3-4-2;1-2/h10H,1-9H2;3-4H2,1-2H3;1-2H3. The average Bonchev–Trinajstić information content (AvgIpc) is 2.39. The summed E-state index contributed by atoms with van der Waals surface area (Å²) in [5.41, 5.74) is 0. The van der Waals surface area contributed by atoms with Crippen LogP contribution in [0.5, 0.6) is 0 Å². The van der Waals surface area contributed by atoms with Crippen LogP contribution in [0.25, 0.3) is 0 Å². The van der Waals surface area contributed by atoms with Crippen LogP contribution in [0, 0.1) is 0 Å². The third kappa shape index (κ3) is 19.5. The van der Waals surface area contributed by atoms with Crippen LogP contribution in [0.1, 0.15) is 85.5 Å². The third-order valence-electron chi connectivity index (χ3n) is 2.71. The molecule has 0 saturated carbocycles. The highest BCUT2D eigenvalue weighted by Gasteiger charge is 1.94. The Morgan fingerprint density at radius 3 is 1.25 bits per heavy atom. The first-order valence-corrected chi connectivity index (χ1v) is 7.62. The van der Waals surface area contributed by atoms with Crippen molar-refractivity contribution in [3.8, 4) is 0 Å². The first-order chi connectivity index (χ1) is 7.91. The predicted octanol–water partition coefficient (Wildman–Crippen LogP) is 5.15. The van der Waals surface area contributed by atoms with Gasteiger partial charge in [0.2, 0.25) is 0 Å². The molecular weight excluding hydrogens is 194 g/mol. The first kappa shape index (κ1) is 18.3. The van der Waals surface area contributed by atoms with Gasteiger partial charge in [0.1, 0.15) is 0 Å². The average molecular weight is 229 g/mol. The summed E-state index contributed by atoms with van der Waals surface area (Å²) in [5.74, 6) is 0. The second-order valence-corrected chi connectivity index (χ2v) is 4.22. The van der Waals surface area contributed by atoms with Crippen LogP contribution in [-0.2, 0) is 0 Å². The lowest BCUT2D eigenvalue weighted by Crippen LogP contribution is -2.17. The van der Waals surface area contributed by atoms with Crippen LogP contribution in [0.15, 0.2) is 0 Å². The van der Waals surface area contributed by atoms with Crippen molar-refractivity contribution >= 4 is 0 Å². The smallest absolute Gasteiger partial charge is 0.00489 e. The molecule has 1 rings (SSSR count). The molecule has 1 heteroatoms. The highest BCUT2D eigenvalue weighted by atomic mass is 14.8. The molecule has 1 heterocycles. The largest absolute Gasteiger partial charge is 0.317 e. The van der Waals surface area contributed by atoms with Crippen molar-refractivity contribution in [3.63, 3.8) is 0 Å². The Balaban J connectivity index is 0. The summed E-state index contributed by atoms with van der Waals surface area (Å²) in [6.45, 7) is 10.9. The van der Waals surface area contributed by atoms with Crippen molar-refractivity contribution < 1.29 is 0 Å². The van der Waals surface area contributed by atoms with Crippen LogP contribution in [-0.4, -0.2) is 13.1 Å². The molecule has 0 aromatic carbocycles. The van der Waals surface area contributed by atoms with Gasteiger partial charge in [0, 0.05) is 0 Å². The van der Waals surface area contributed by atoms with Crippen molar-refractivity contribution in [2.24, 2.45) is 0 Å². The minimum absolute atomic E-state index is 1.25. The summed E-state index contributed by atoms with van der Waals surface area (Å²) in [4.78, 5) is 0. The molecule has 1 N–H and O–H groups in total. The lowest BCUT2D eigenvalue weighted by atomic mass is 10.1. The molecule has 1 saturated heterocycles. The molecule has 0 aromatic heterocycles. The van der Waals surface area contributed by atoms with Gasteiger partial charge < -0.3 is 5.32 Å². The minimum atomic E-state index is 1.25. The van der Waals surface area contributed by atoms with Crippen LogP contribution in [0.2, 0.25) is 0 Å². The number of hydrogen-bond acceptors (Lipinski definition) is 1. The first-order valence-electron chi connectivity index (χ1n) is 7.62. The maximum atomic E-state index is 3.46. The summed E-state index contributed by atoms with van der Waals surface area (Å²) >= 11 is 0. The molecular formula is C15H35N. The molecule has 1 fully saturated rings. The normalized spacial score (nSPS) is 17.2. The molecule has 0 amide bonds. The molecule has 0 bridgehead atoms. The summed E-state index contributed by atoms with van der Waals surface area (Å²) in [5, 5.41) is 3.46. The van der Waals surface area contributed by atoms with Gasteiger partial charge in [0.15, 0.2) is 0 Å². The van der Waals surface area contributed by atoms with E-state index in [0.717, 1.165) is 0 Å². The van der Waals surface area contributed by atoms with Crippen LogP contribution < -0.4 is 5.32 Å². The van der Waals surface area contributed by atoms with E-state index in [-0.39, 0.29) is 0 Å². The Hall–Kier alpha value is -0.0400. The number of nitrogens with one attached hydrogen (secondary N) is 1. The summed E-state index contributed by atoms with van der Waals surface area (Å²) in [7, 11) is 0. The zero-order valence-electron chi connectivity index (χ0n) is 12.3. The second kappa shape index (κ2) is 20.4. The molecule has 100 valence electrons. The fraction of sp³-hybridized carbons (Fsp3) is 1.00. The molecule has 1 nitrogen and oxygen atoms in total. The lowest BCUT2D eigenvalue weighted by molar-refractivity contribution is 0.514. The van der Waals surface area contributed by atoms with E-state index < -0.39 is 0 Å². The van der Waals surface area contributed by atoms with E-state index in [1.807, 2.05) is 13.8 Å². The second-order valence-electron chi connectivity index (χ2n) is 4.22. The Morgan fingerprint density at radius 2 is 0.938 bits per heavy atom. The molecule has 1 aliphatic heterocycles. The van der Waals surface area contributed by atoms with E-state index in [1.54, 1.807) is 0 Å². The summed E-state index contributed by atoms with van der Waals surface area (Å²) in [6.07, 6.45) is 12.7. The van der Waals surface area contributed by atoms with Gasteiger partial charge in [0.05, 0.1) is 0 Å². The topological polar surface area (TPSA) is 12.0 Å². The Bertz CT molecular complexity index is 56.2. The van der Waals surface area contributed by atoms with Gasteiger partial charge in [-0.05, 0) is 25.9 Å². The third-order valence-corrected chi connectivity index (χ3v) is 2.71. The predicted molar refractivity (Wildman–Crippen MR) is 77.1 cm³/mol. The zero-order chi connectivity index (χ0) is 12.5. The van der Waals surface area contributed by atoms with Gasteiger partial charge in [-0.3, -0.25) is 0 Å². The van der Waals surface area contributed by atoms with Gasteiger partial charge >= 0.3 is 0 Å². The van der Waals surface area contributed by atoms with Crippen molar-refractivity contribution in [3.05, 3.63) is 0 Å². The molecule has 16 heavy (non-hydrogen) atoms.